The van der Waals surface area contributed by atoms with Crippen LogP contribution in [0.15, 0.2) is 22.8 Å². The molecule has 1 N–H and O–H groups in total. The van der Waals surface area contributed by atoms with Gasteiger partial charge in [0.2, 0.25) is 0 Å². The van der Waals surface area contributed by atoms with Crippen molar-refractivity contribution in [2.75, 3.05) is 24.6 Å². The molecule has 3 heterocycles. The van der Waals surface area contributed by atoms with Crippen molar-refractivity contribution in [3.8, 4) is 0 Å². The average molecular weight is 294 g/mol. The minimum absolute atomic E-state index is 0.0301. The Morgan fingerprint density at radius 1 is 1.20 bits per heavy atom. The molecule has 0 aliphatic carbocycles. The summed E-state index contributed by atoms with van der Waals surface area (Å²) in [6.45, 7) is 1.66. The predicted molar refractivity (Wildman–Crippen MR) is 81.1 cm³/mol. The number of hydrogen-bond acceptors (Lipinski definition) is 4. The summed E-state index contributed by atoms with van der Waals surface area (Å²) < 4.78 is 5.19. The molecule has 110 valence electrons. The number of carbonyl (C=O) groups is 1. The molecule has 0 radical (unpaired) electrons. The van der Waals surface area contributed by atoms with E-state index in [9.17, 15) is 4.79 Å². The number of hydrogen-bond donors (Lipinski definition) is 1. The Morgan fingerprint density at radius 2 is 1.90 bits per heavy atom. The number of carbonyl (C=O) groups excluding carboxylic acids is 1. The van der Waals surface area contributed by atoms with Crippen LogP contribution in [0, 0.1) is 0 Å². The van der Waals surface area contributed by atoms with Crippen LogP contribution in [0.5, 0.6) is 0 Å². The number of piperidine rings is 1. The smallest absolute Gasteiger partial charge is 0.289 e. The maximum absolute atomic E-state index is 12.2. The highest BCUT2D eigenvalue weighted by Gasteiger charge is 2.26. The van der Waals surface area contributed by atoms with Gasteiger partial charge >= 0.3 is 0 Å². The summed E-state index contributed by atoms with van der Waals surface area (Å²) >= 11 is 2.06. The standard InChI is InChI=1S/C15H22N2O2S/c18-15(14-2-1-9-19-14)17-7-3-12(4-8-17)16-13-5-10-20-11-6-13/h1-2,9,12-13,16H,3-8,10-11H2. The van der Waals surface area contributed by atoms with Crippen LogP contribution in [0.3, 0.4) is 0 Å². The quantitative estimate of drug-likeness (QED) is 0.929. The Kier molecular flexibility index (Phi) is 4.68. The second-order valence-electron chi connectivity index (χ2n) is 5.60. The van der Waals surface area contributed by atoms with Crippen molar-refractivity contribution in [1.82, 2.24) is 10.2 Å². The van der Waals surface area contributed by atoms with Crippen LogP contribution in [-0.4, -0.2) is 47.5 Å². The maximum Gasteiger partial charge on any atom is 0.289 e. The van der Waals surface area contributed by atoms with Gasteiger partial charge in [-0.2, -0.15) is 11.8 Å². The molecule has 2 fully saturated rings. The fourth-order valence-corrected chi connectivity index (χ4v) is 4.11. The van der Waals surface area contributed by atoms with Gasteiger partial charge in [-0.25, -0.2) is 0 Å². The second kappa shape index (κ2) is 6.68. The van der Waals surface area contributed by atoms with Gasteiger partial charge in [-0.05, 0) is 49.3 Å². The minimum atomic E-state index is 0.0301. The number of likely N-dealkylation sites (tertiary alicyclic amines) is 1. The molecule has 0 spiro atoms. The Bertz CT molecular complexity index is 421. The summed E-state index contributed by atoms with van der Waals surface area (Å²) in [7, 11) is 0. The van der Waals surface area contributed by atoms with Gasteiger partial charge in [-0.15, -0.1) is 0 Å². The zero-order valence-corrected chi connectivity index (χ0v) is 12.5. The lowest BCUT2D eigenvalue weighted by molar-refractivity contribution is 0.0669. The molecule has 0 bridgehead atoms. The summed E-state index contributed by atoms with van der Waals surface area (Å²) in [5.74, 6) is 3.06. The summed E-state index contributed by atoms with van der Waals surface area (Å²) in [5.41, 5.74) is 0. The van der Waals surface area contributed by atoms with Crippen molar-refractivity contribution < 1.29 is 9.21 Å². The monoisotopic (exact) mass is 294 g/mol. The van der Waals surface area contributed by atoms with Gasteiger partial charge in [0.1, 0.15) is 0 Å². The minimum Gasteiger partial charge on any atom is -0.459 e. The molecule has 20 heavy (non-hydrogen) atoms. The number of nitrogens with zero attached hydrogens (tertiary/aromatic N) is 1. The van der Waals surface area contributed by atoms with Crippen LogP contribution in [0.2, 0.25) is 0 Å². The normalized spacial score (nSPS) is 22.1. The first-order valence-corrected chi connectivity index (χ1v) is 8.65. The van der Waals surface area contributed by atoms with Crippen LogP contribution in [-0.2, 0) is 0 Å². The van der Waals surface area contributed by atoms with E-state index >= 15 is 0 Å². The molecule has 1 aromatic heterocycles. The molecule has 2 saturated heterocycles. The van der Waals surface area contributed by atoms with Crippen molar-refractivity contribution in [2.24, 2.45) is 0 Å². The molecule has 1 aromatic rings. The topological polar surface area (TPSA) is 45.5 Å². The molecule has 2 aliphatic heterocycles. The van der Waals surface area contributed by atoms with Gasteiger partial charge in [-0.3, -0.25) is 4.79 Å². The highest BCUT2D eigenvalue weighted by Crippen LogP contribution is 2.20. The zero-order chi connectivity index (χ0) is 13.8. The predicted octanol–water partition coefficient (Wildman–Crippen LogP) is 2.37. The first-order chi connectivity index (χ1) is 9.83. The van der Waals surface area contributed by atoms with Crippen molar-refractivity contribution in [1.29, 1.82) is 0 Å². The third kappa shape index (κ3) is 3.38. The van der Waals surface area contributed by atoms with Gasteiger partial charge in [0, 0.05) is 25.2 Å². The van der Waals surface area contributed by atoms with Gasteiger partial charge in [0.15, 0.2) is 5.76 Å². The van der Waals surface area contributed by atoms with Gasteiger partial charge < -0.3 is 14.6 Å². The van der Waals surface area contributed by atoms with Crippen LogP contribution >= 0.6 is 11.8 Å². The van der Waals surface area contributed by atoms with E-state index in [1.54, 1.807) is 18.4 Å². The van der Waals surface area contributed by atoms with E-state index < -0.39 is 0 Å². The Labute approximate surface area is 124 Å². The molecule has 0 aromatic carbocycles. The third-order valence-electron chi connectivity index (χ3n) is 4.21. The van der Waals surface area contributed by atoms with E-state index in [4.69, 9.17) is 4.42 Å². The highest BCUT2D eigenvalue weighted by atomic mass is 32.2. The van der Waals surface area contributed by atoms with Crippen LogP contribution < -0.4 is 5.32 Å². The summed E-state index contributed by atoms with van der Waals surface area (Å²) in [6, 6.07) is 4.77. The van der Waals surface area contributed by atoms with Crippen molar-refractivity contribution in [3.05, 3.63) is 24.2 Å². The van der Waals surface area contributed by atoms with Crippen LogP contribution in [0.25, 0.3) is 0 Å². The number of furan rings is 1. The Balaban J connectivity index is 1.45. The lowest BCUT2D eigenvalue weighted by atomic mass is 10.0. The van der Waals surface area contributed by atoms with E-state index in [-0.39, 0.29) is 5.91 Å². The molecular formula is C15H22N2O2S. The summed E-state index contributed by atoms with van der Waals surface area (Å²) in [5, 5.41) is 3.78. The maximum atomic E-state index is 12.2. The zero-order valence-electron chi connectivity index (χ0n) is 11.7. The van der Waals surface area contributed by atoms with Gasteiger partial charge in [-0.1, -0.05) is 0 Å². The lowest BCUT2D eigenvalue weighted by Gasteiger charge is -2.35. The lowest BCUT2D eigenvalue weighted by Crippen LogP contribution is -2.48. The largest absolute Gasteiger partial charge is 0.459 e. The number of amides is 1. The molecular weight excluding hydrogens is 272 g/mol. The summed E-state index contributed by atoms with van der Waals surface area (Å²) in [6.07, 6.45) is 6.24. The van der Waals surface area contributed by atoms with E-state index in [1.165, 1.54) is 24.3 Å². The van der Waals surface area contributed by atoms with E-state index in [0.717, 1.165) is 25.9 Å². The number of rotatable bonds is 3. The fraction of sp³-hybridized carbons (Fsp3) is 0.667. The molecule has 0 unspecified atom stereocenters. The molecule has 1 amide bonds. The molecule has 4 nitrogen and oxygen atoms in total. The number of thioether (sulfide) groups is 1. The van der Waals surface area contributed by atoms with Crippen molar-refractivity contribution in [3.63, 3.8) is 0 Å². The Hall–Kier alpha value is -0.940. The Morgan fingerprint density at radius 3 is 2.55 bits per heavy atom. The van der Waals surface area contributed by atoms with E-state index in [2.05, 4.69) is 17.1 Å². The molecule has 3 rings (SSSR count). The molecule has 5 heteroatoms. The third-order valence-corrected chi connectivity index (χ3v) is 5.26. The van der Waals surface area contributed by atoms with E-state index in [1.807, 2.05) is 4.90 Å². The number of nitrogens with one attached hydrogen (secondary N) is 1. The van der Waals surface area contributed by atoms with Crippen LogP contribution in [0.4, 0.5) is 0 Å². The highest BCUT2D eigenvalue weighted by molar-refractivity contribution is 7.99. The molecule has 0 atom stereocenters. The summed E-state index contributed by atoms with van der Waals surface area (Å²) in [4.78, 5) is 14.1. The van der Waals surface area contributed by atoms with Crippen LogP contribution in [0.1, 0.15) is 36.2 Å². The van der Waals surface area contributed by atoms with Gasteiger partial charge in [0.05, 0.1) is 6.26 Å². The van der Waals surface area contributed by atoms with Gasteiger partial charge in [0.25, 0.3) is 5.91 Å². The SMILES string of the molecule is O=C(c1ccco1)N1CCC(NC2CCSCC2)CC1. The van der Waals surface area contributed by atoms with Crippen molar-refractivity contribution in [2.45, 2.75) is 37.8 Å². The van der Waals surface area contributed by atoms with E-state index in [0.29, 0.717) is 17.8 Å². The van der Waals surface area contributed by atoms with Crippen molar-refractivity contribution >= 4 is 17.7 Å². The second-order valence-corrected chi connectivity index (χ2v) is 6.82. The first kappa shape index (κ1) is 14.0. The molecule has 0 saturated carbocycles. The fourth-order valence-electron chi connectivity index (χ4n) is 3.00. The molecule has 2 aliphatic rings. The average Bonchev–Trinajstić information content (AvgIpc) is 3.03. The first-order valence-electron chi connectivity index (χ1n) is 7.49.